The zero-order valence-electron chi connectivity index (χ0n) is 24.0. The lowest BCUT2D eigenvalue weighted by molar-refractivity contribution is 0.0224. The highest BCUT2D eigenvalue weighted by atomic mass is 19.1. The average molecular weight is 573 g/mol. The molecule has 0 fully saturated rings. The highest BCUT2D eigenvalue weighted by molar-refractivity contribution is 5.97. The first kappa shape index (κ1) is 26.6. The number of hydrogen-bond acceptors (Lipinski definition) is 6. The third kappa shape index (κ3) is 4.19. The molecule has 7 rings (SSSR count). The summed E-state index contributed by atoms with van der Waals surface area (Å²) in [5, 5.41) is 3.39. The Morgan fingerprint density at radius 3 is 2.40 bits per heavy atom. The third-order valence-electron chi connectivity index (χ3n) is 8.17. The number of carbonyl (C=O) groups is 1. The van der Waals surface area contributed by atoms with E-state index in [1.165, 1.54) is 12.1 Å². The fourth-order valence-corrected chi connectivity index (χ4v) is 6.14. The van der Waals surface area contributed by atoms with Gasteiger partial charge >= 0.3 is 5.97 Å². The molecule has 2 aliphatic heterocycles. The van der Waals surface area contributed by atoms with Crippen molar-refractivity contribution in [2.45, 2.75) is 19.4 Å². The molecule has 0 saturated carbocycles. The minimum absolute atomic E-state index is 0.308. The molecule has 5 aromatic carbocycles. The summed E-state index contributed by atoms with van der Waals surface area (Å²) in [5.41, 5.74) is 5.78. The normalized spacial score (nSPS) is 16.0. The largest absolute Gasteiger partial charge is 0.495 e. The van der Waals surface area contributed by atoms with Crippen LogP contribution in [0.1, 0.15) is 39.5 Å². The molecular formula is C36H29FN2O4. The van der Waals surface area contributed by atoms with Gasteiger partial charge < -0.3 is 24.4 Å². The van der Waals surface area contributed by atoms with Crippen molar-refractivity contribution in [3.05, 3.63) is 137 Å². The summed E-state index contributed by atoms with van der Waals surface area (Å²) in [5.74, 6) is 1.26. The summed E-state index contributed by atoms with van der Waals surface area (Å²) in [4.78, 5) is 15.5. The number of ether oxygens (including phenoxy) is 3. The molecule has 7 heteroatoms. The van der Waals surface area contributed by atoms with E-state index in [-0.39, 0.29) is 5.82 Å². The van der Waals surface area contributed by atoms with Gasteiger partial charge in [0.1, 0.15) is 23.1 Å². The molecule has 0 radical (unpaired) electrons. The van der Waals surface area contributed by atoms with Crippen molar-refractivity contribution in [3.8, 4) is 17.2 Å². The highest BCUT2D eigenvalue weighted by Crippen LogP contribution is 2.57. The van der Waals surface area contributed by atoms with Gasteiger partial charge in [0.25, 0.3) is 0 Å². The van der Waals surface area contributed by atoms with Crippen LogP contribution in [0.2, 0.25) is 0 Å². The lowest BCUT2D eigenvalue weighted by atomic mass is 9.77. The Morgan fingerprint density at radius 1 is 0.860 bits per heavy atom. The van der Waals surface area contributed by atoms with Crippen molar-refractivity contribution in [2.24, 2.45) is 0 Å². The predicted molar refractivity (Wildman–Crippen MR) is 165 cm³/mol. The lowest BCUT2D eigenvalue weighted by Gasteiger charge is -2.38. The quantitative estimate of drug-likeness (QED) is 0.206. The van der Waals surface area contributed by atoms with Crippen molar-refractivity contribution < 1.29 is 23.4 Å². The minimum Gasteiger partial charge on any atom is -0.495 e. The molecule has 2 aliphatic rings. The number of carbonyl (C=O) groups excluding carboxylic acids is 1. The molecule has 0 aliphatic carbocycles. The van der Waals surface area contributed by atoms with Crippen molar-refractivity contribution >= 4 is 28.7 Å². The molecule has 0 bridgehead atoms. The smallest absolute Gasteiger partial charge is 0.340 e. The number of nitrogens with zero attached hydrogens (tertiary/aromatic N) is 1. The summed E-state index contributed by atoms with van der Waals surface area (Å²) < 4.78 is 32.2. The molecule has 5 aromatic rings. The number of rotatable bonds is 6. The molecule has 6 nitrogen and oxygen atoms in total. The number of fused-ring (bicyclic) bond motifs is 6. The molecule has 0 aromatic heterocycles. The standard InChI is InChI=1S/C36H29FN2O4/c1-4-39(31-11-7-8-12-32(31)41-3)25-17-18-28-34(20-25)42-33-19-22(2)30(38-24-15-13-23(37)14-16-24)21-29(33)36(28)27-10-6-5-9-26(27)35(40)43-36/h5-21,38H,4H2,1-3H3. The summed E-state index contributed by atoms with van der Waals surface area (Å²) >= 11 is 0. The Bertz CT molecular complexity index is 1890. The number of halogens is 1. The van der Waals surface area contributed by atoms with Crippen LogP contribution in [0.25, 0.3) is 0 Å². The number of hydrogen-bond donors (Lipinski definition) is 1. The van der Waals surface area contributed by atoms with E-state index in [2.05, 4.69) is 17.1 Å². The second-order valence-electron chi connectivity index (χ2n) is 10.6. The molecule has 1 N–H and O–H groups in total. The minimum atomic E-state index is -1.22. The Labute approximate surface area is 249 Å². The van der Waals surface area contributed by atoms with Crippen molar-refractivity contribution in [1.82, 2.24) is 0 Å². The molecule has 43 heavy (non-hydrogen) atoms. The van der Waals surface area contributed by atoms with Gasteiger partial charge in [-0.1, -0.05) is 30.3 Å². The molecule has 0 amide bonds. The van der Waals surface area contributed by atoms with E-state index < -0.39 is 11.6 Å². The number of aryl methyl sites for hydroxylation is 1. The maximum Gasteiger partial charge on any atom is 0.340 e. The molecule has 1 spiro atoms. The summed E-state index contributed by atoms with van der Waals surface area (Å²) in [6.07, 6.45) is 0. The number of methoxy groups -OCH3 is 1. The van der Waals surface area contributed by atoms with Crippen LogP contribution in [0.15, 0.2) is 103 Å². The Kier molecular flexibility index (Phi) is 6.31. The molecule has 1 unspecified atom stereocenters. The second kappa shape index (κ2) is 10.2. The van der Waals surface area contributed by atoms with Crippen LogP contribution in [-0.2, 0) is 10.3 Å². The van der Waals surface area contributed by atoms with E-state index >= 15 is 0 Å². The van der Waals surface area contributed by atoms with Crippen LogP contribution in [0.5, 0.6) is 17.2 Å². The first-order valence-corrected chi connectivity index (χ1v) is 14.2. The van der Waals surface area contributed by atoms with Crippen molar-refractivity contribution in [2.75, 3.05) is 23.9 Å². The Balaban J connectivity index is 1.41. The fourth-order valence-electron chi connectivity index (χ4n) is 6.14. The zero-order chi connectivity index (χ0) is 29.7. The topological polar surface area (TPSA) is 60.0 Å². The number of para-hydroxylation sites is 2. The Morgan fingerprint density at radius 2 is 1.60 bits per heavy atom. The van der Waals surface area contributed by atoms with E-state index in [4.69, 9.17) is 14.2 Å². The van der Waals surface area contributed by atoms with E-state index in [0.29, 0.717) is 29.2 Å². The van der Waals surface area contributed by atoms with Gasteiger partial charge in [0.2, 0.25) is 0 Å². The van der Waals surface area contributed by atoms with Gasteiger partial charge in [0.05, 0.1) is 18.4 Å². The van der Waals surface area contributed by atoms with Gasteiger partial charge in [-0.2, -0.15) is 0 Å². The third-order valence-corrected chi connectivity index (χ3v) is 8.17. The SMILES string of the molecule is CCN(c1ccc2c(c1)Oc1cc(C)c(Nc3ccc(F)cc3)cc1C21OC(=O)c2ccccc21)c1ccccc1OC. The van der Waals surface area contributed by atoms with Crippen LogP contribution in [0.3, 0.4) is 0 Å². The van der Waals surface area contributed by atoms with Crippen molar-refractivity contribution in [3.63, 3.8) is 0 Å². The number of benzene rings is 5. The number of nitrogens with one attached hydrogen (secondary N) is 1. The molecule has 214 valence electrons. The summed E-state index contributed by atoms with van der Waals surface area (Å²) in [6.45, 7) is 4.75. The lowest BCUT2D eigenvalue weighted by Crippen LogP contribution is -2.33. The van der Waals surface area contributed by atoms with Gasteiger partial charge in [-0.15, -0.1) is 0 Å². The van der Waals surface area contributed by atoms with Crippen LogP contribution in [0, 0.1) is 12.7 Å². The predicted octanol–water partition coefficient (Wildman–Crippen LogP) is 8.61. The van der Waals surface area contributed by atoms with Gasteiger partial charge in [-0.05, 0) is 86.1 Å². The molecular weight excluding hydrogens is 543 g/mol. The van der Waals surface area contributed by atoms with Gasteiger partial charge in [-0.25, -0.2) is 9.18 Å². The maximum atomic E-state index is 13.6. The molecule has 2 heterocycles. The van der Waals surface area contributed by atoms with Gasteiger partial charge in [0.15, 0.2) is 5.60 Å². The van der Waals surface area contributed by atoms with Gasteiger partial charge in [-0.3, -0.25) is 0 Å². The van der Waals surface area contributed by atoms with E-state index in [0.717, 1.165) is 45.2 Å². The van der Waals surface area contributed by atoms with Crippen LogP contribution in [0.4, 0.5) is 27.1 Å². The first-order valence-electron chi connectivity index (χ1n) is 14.2. The molecule has 1 atom stereocenters. The summed E-state index contributed by atoms with van der Waals surface area (Å²) in [7, 11) is 1.66. The Hall–Kier alpha value is -5.30. The highest BCUT2D eigenvalue weighted by Gasteiger charge is 2.53. The first-order chi connectivity index (χ1) is 20.9. The van der Waals surface area contributed by atoms with E-state index in [9.17, 15) is 9.18 Å². The van der Waals surface area contributed by atoms with E-state index in [1.807, 2.05) is 79.7 Å². The van der Waals surface area contributed by atoms with Gasteiger partial charge in [0, 0.05) is 46.4 Å². The monoisotopic (exact) mass is 572 g/mol. The summed E-state index contributed by atoms with van der Waals surface area (Å²) in [6, 6.07) is 31.5. The zero-order valence-corrected chi connectivity index (χ0v) is 24.0. The second-order valence-corrected chi connectivity index (χ2v) is 10.6. The number of anilines is 4. The molecule has 0 saturated heterocycles. The van der Waals surface area contributed by atoms with E-state index in [1.54, 1.807) is 25.3 Å². The number of esters is 1. The van der Waals surface area contributed by atoms with Crippen LogP contribution < -0.4 is 19.7 Å². The van der Waals surface area contributed by atoms with Crippen molar-refractivity contribution in [1.29, 1.82) is 0 Å². The fraction of sp³-hybridized carbons (Fsp3) is 0.139. The van der Waals surface area contributed by atoms with Crippen LogP contribution >= 0.6 is 0 Å². The maximum absolute atomic E-state index is 13.6. The van der Waals surface area contributed by atoms with Crippen LogP contribution in [-0.4, -0.2) is 19.6 Å². The average Bonchev–Trinajstić information content (AvgIpc) is 3.32.